The normalized spacial score (nSPS) is 18.0. The van der Waals surface area contributed by atoms with Crippen LogP contribution in [0.3, 0.4) is 0 Å². The van der Waals surface area contributed by atoms with Gasteiger partial charge in [-0.1, -0.05) is 0 Å². The average Bonchev–Trinajstić information content (AvgIpc) is 2.38. The predicted octanol–water partition coefficient (Wildman–Crippen LogP) is -0.378. The Morgan fingerprint density at radius 2 is 2.00 bits per heavy atom. The third-order valence-electron chi connectivity index (χ3n) is 3.16. The Hall–Kier alpha value is -1.18. The first-order valence-electron chi connectivity index (χ1n) is 5.85. The molecule has 6 nitrogen and oxygen atoms in total. The minimum Gasteiger partial charge on any atom is -0.367 e. The highest BCUT2D eigenvalue weighted by Gasteiger charge is 2.24. The molecule has 0 bridgehead atoms. The SMILES string of the molecule is CS(=O)(=O)N1CCN(c2cnccc2CN)CC1. The summed E-state index contributed by atoms with van der Waals surface area (Å²) in [5, 5.41) is 0. The second-order valence-corrected chi connectivity index (χ2v) is 6.34. The summed E-state index contributed by atoms with van der Waals surface area (Å²) < 4.78 is 24.4. The van der Waals surface area contributed by atoms with E-state index in [0.717, 1.165) is 11.3 Å². The Labute approximate surface area is 107 Å². The third-order valence-corrected chi connectivity index (χ3v) is 4.46. The number of sulfonamides is 1. The van der Waals surface area contributed by atoms with Crippen LogP contribution in [0, 0.1) is 0 Å². The van der Waals surface area contributed by atoms with Crippen LogP contribution in [0.5, 0.6) is 0 Å². The van der Waals surface area contributed by atoms with Gasteiger partial charge in [-0.15, -0.1) is 0 Å². The molecule has 2 N–H and O–H groups in total. The van der Waals surface area contributed by atoms with Crippen molar-refractivity contribution in [2.24, 2.45) is 5.73 Å². The Bertz CT molecular complexity index is 510. The molecule has 0 saturated carbocycles. The quantitative estimate of drug-likeness (QED) is 0.810. The van der Waals surface area contributed by atoms with E-state index in [-0.39, 0.29) is 0 Å². The second kappa shape index (κ2) is 5.21. The van der Waals surface area contributed by atoms with Crippen LogP contribution in [0.15, 0.2) is 18.5 Å². The zero-order valence-corrected chi connectivity index (χ0v) is 11.2. The molecule has 1 aromatic rings. The van der Waals surface area contributed by atoms with Crippen LogP contribution in [0.2, 0.25) is 0 Å². The summed E-state index contributed by atoms with van der Waals surface area (Å²) in [6.07, 6.45) is 4.76. The van der Waals surface area contributed by atoms with Gasteiger partial charge in [-0.05, 0) is 11.6 Å². The van der Waals surface area contributed by atoms with Crippen LogP contribution in [0.25, 0.3) is 0 Å². The number of anilines is 1. The lowest BCUT2D eigenvalue weighted by molar-refractivity contribution is 0.387. The number of aromatic nitrogens is 1. The van der Waals surface area contributed by atoms with Gasteiger partial charge in [0.05, 0.1) is 18.1 Å². The fourth-order valence-electron chi connectivity index (χ4n) is 2.13. The first-order valence-corrected chi connectivity index (χ1v) is 7.70. The minimum absolute atomic E-state index is 0.462. The highest BCUT2D eigenvalue weighted by atomic mass is 32.2. The molecule has 0 radical (unpaired) electrons. The molecule has 0 atom stereocenters. The fourth-order valence-corrected chi connectivity index (χ4v) is 2.96. The first kappa shape index (κ1) is 13.3. The molecule has 0 amide bonds. The maximum absolute atomic E-state index is 11.4. The summed E-state index contributed by atoms with van der Waals surface area (Å²) in [7, 11) is -3.08. The van der Waals surface area contributed by atoms with Crippen molar-refractivity contribution in [1.82, 2.24) is 9.29 Å². The molecule has 1 fully saturated rings. The van der Waals surface area contributed by atoms with E-state index in [1.54, 1.807) is 12.4 Å². The van der Waals surface area contributed by atoms with Gasteiger partial charge in [0.1, 0.15) is 0 Å². The third kappa shape index (κ3) is 2.80. The molecule has 1 aliphatic heterocycles. The van der Waals surface area contributed by atoms with Crippen LogP contribution in [0.1, 0.15) is 5.56 Å². The highest BCUT2D eigenvalue weighted by Crippen LogP contribution is 2.20. The van der Waals surface area contributed by atoms with Gasteiger partial charge in [-0.2, -0.15) is 4.31 Å². The maximum atomic E-state index is 11.4. The van der Waals surface area contributed by atoms with Gasteiger partial charge in [0.25, 0.3) is 0 Å². The zero-order chi connectivity index (χ0) is 13.2. The van der Waals surface area contributed by atoms with E-state index < -0.39 is 10.0 Å². The predicted molar refractivity (Wildman–Crippen MR) is 70.8 cm³/mol. The summed E-state index contributed by atoms with van der Waals surface area (Å²) in [4.78, 5) is 6.24. The van der Waals surface area contributed by atoms with Gasteiger partial charge in [0.2, 0.25) is 10.0 Å². The number of piperazine rings is 1. The lowest BCUT2D eigenvalue weighted by Gasteiger charge is -2.35. The number of rotatable bonds is 3. The van der Waals surface area contributed by atoms with E-state index in [1.807, 2.05) is 6.07 Å². The summed E-state index contributed by atoms with van der Waals surface area (Å²) in [5.41, 5.74) is 7.74. The van der Waals surface area contributed by atoms with Crippen LogP contribution in [-0.4, -0.2) is 50.1 Å². The topological polar surface area (TPSA) is 79.5 Å². The summed E-state index contributed by atoms with van der Waals surface area (Å²) in [6.45, 7) is 2.83. The highest BCUT2D eigenvalue weighted by molar-refractivity contribution is 7.88. The molecule has 2 heterocycles. The molecular weight excluding hydrogens is 252 g/mol. The summed E-state index contributed by atoms with van der Waals surface area (Å²) >= 11 is 0. The molecule has 1 saturated heterocycles. The lowest BCUT2D eigenvalue weighted by atomic mass is 10.2. The number of nitrogens with zero attached hydrogens (tertiary/aromatic N) is 3. The molecule has 2 rings (SSSR count). The van der Waals surface area contributed by atoms with E-state index in [4.69, 9.17) is 5.73 Å². The Kier molecular flexibility index (Phi) is 3.84. The minimum atomic E-state index is -3.08. The number of nitrogens with two attached hydrogens (primary N) is 1. The van der Waals surface area contributed by atoms with Crippen LogP contribution >= 0.6 is 0 Å². The fraction of sp³-hybridized carbons (Fsp3) is 0.545. The number of hydrogen-bond donors (Lipinski definition) is 1. The smallest absolute Gasteiger partial charge is 0.211 e. The molecule has 100 valence electrons. The molecule has 7 heteroatoms. The molecule has 1 aliphatic rings. The van der Waals surface area contributed by atoms with Crippen molar-refractivity contribution in [2.75, 3.05) is 37.3 Å². The molecule has 1 aromatic heterocycles. The van der Waals surface area contributed by atoms with Gasteiger partial charge >= 0.3 is 0 Å². The van der Waals surface area contributed by atoms with Crippen molar-refractivity contribution in [1.29, 1.82) is 0 Å². The van der Waals surface area contributed by atoms with E-state index in [9.17, 15) is 8.42 Å². The second-order valence-electron chi connectivity index (χ2n) is 4.36. The van der Waals surface area contributed by atoms with Crippen LogP contribution in [-0.2, 0) is 16.6 Å². The van der Waals surface area contributed by atoms with Crippen molar-refractivity contribution >= 4 is 15.7 Å². The van der Waals surface area contributed by atoms with E-state index in [2.05, 4.69) is 9.88 Å². The van der Waals surface area contributed by atoms with E-state index in [0.29, 0.717) is 32.7 Å². The van der Waals surface area contributed by atoms with Gasteiger partial charge in [0.15, 0.2) is 0 Å². The van der Waals surface area contributed by atoms with Gasteiger partial charge in [-0.25, -0.2) is 8.42 Å². The van der Waals surface area contributed by atoms with Gasteiger partial charge in [0, 0.05) is 38.9 Å². The van der Waals surface area contributed by atoms with Crippen molar-refractivity contribution in [3.63, 3.8) is 0 Å². The molecule has 18 heavy (non-hydrogen) atoms. The van der Waals surface area contributed by atoms with Crippen LogP contribution in [0.4, 0.5) is 5.69 Å². The number of hydrogen-bond acceptors (Lipinski definition) is 5. The van der Waals surface area contributed by atoms with Crippen molar-refractivity contribution in [3.05, 3.63) is 24.0 Å². The van der Waals surface area contributed by atoms with Gasteiger partial charge in [-0.3, -0.25) is 4.98 Å². The van der Waals surface area contributed by atoms with Crippen LogP contribution < -0.4 is 10.6 Å². The monoisotopic (exact) mass is 270 g/mol. The summed E-state index contributed by atoms with van der Waals surface area (Å²) in [6, 6.07) is 1.90. The average molecular weight is 270 g/mol. The number of pyridine rings is 1. The molecule has 0 unspecified atom stereocenters. The van der Waals surface area contributed by atoms with Crippen molar-refractivity contribution in [2.45, 2.75) is 6.54 Å². The largest absolute Gasteiger partial charge is 0.367 e. The van der Waals surface area contributed by atoms with E-state index >= 15 is 0 Å². The lowest BCUT2D eigenvalue weighted by Crippen LogP contribution is -2.48. The molecule has 0 spiro atoms. The standard InChI is InChI=1S/C11H18N4O2S/c1-18(16,17)15-6-4-14(5-7-15)11-9-13-3-2-10(11)8-12/h2-3,9H,4-8,12H2,1H3. The van der Waals surface area contributed by atoms with E-state index in [1.165, 1.54) is 10.6 Å². The zero-order valence-electron chi connectivity index (χ0n) is 10.4. The van der Waals surface area contributed by atoms with Crippen molar-refractivity contribution < 1.29 is 8.42 Å². The first-order chi connectivity index (χ1) is 8.52. The Balaban J connectivity index is 2.10. The summed E-state index contributed by atoms with van der Waals surface area (Å²) in [5.74, 6) is 0. The maximum Gasteiger partial charge on any atom is 0.211 e. The molecule has 0 aliphatic carbocycles. The molecular formula is C11H18N4O2S. The Morgan fingerprint density at radius 3 is 2.56 bits per heavy atom. The molecule has 0 aromatic carbocycles. The van der Waals surface area contributed by atoms with Gasteiger partial charge < -0.3 is 10.6 Å². The Morgan fingerprint density at radius 1 is 1.33 bits per heavy atom. The van der Waals surface area contributed by atoms with Crippen molar-refractivity contribution in [3.8, 4) is 0 Å².